The van der Waals surface area contributed by atoms with Crippen molar-refractivity contribution in [2.75, 3.05) is 36.4 Å². The summed E-state index contributed by atoms with van der Waals surface area (Å²) in [6, 6.07) is 7.33. The average molecular weight is 398 g/mol. The molecule has 10 heteroatoms. The molecule has 0 atom stereocenters. The Morgan fingerprint density at radius 1 is 1.27 bits per heavy atom. The van der Waals surface area contributed by atoms with E-state index >= 15 is 0 Å². The molecular weight excluding hydrogens is 381 g/mol. The van der Waals surface area contributed by atoms with Crippen LogP contribution in [0.15, 0.2) is 36.5 Å². The number of nitrogens with one attached hydrogen (secondary N) is 2. The zero-order valence-corrected chi connectivity index (χ0v) is 15.2. The fraction of sp³-hybridized carbons (Fsp3) is 0.250. The van der Waals surface area contributed by atoms with Gasteiger partial charge >= 0.3 is 0 Å². The number of nitro groups is 1. The number of carbonyl (C=O) groups is 1. The quantitative estimate of drug-likeness (QED) is 0.607. The van der Waals surface area contributed by atoms with Gasteiger partial charge < -0.3 is 15.5 Å². The molecule has 0 bridgehead atoms. The van der Waals surface area contributed by atoms with Gasteiger partial charge in [-0.15, -0.1) is 12.4 Å². The minimum Gasteiger partial charge on any atom is -0.368 e. The molecule has 2 aromatic rings. The van der Waals surface area contributed by atoms with Crippen LogP contribution >= 0.6 is 24.0 Å². The van der Waals surface area contributed by atoms with E-state index in [0.717, 1.165) is 31.9 Å². The third kappa shape index (κ3) is 4.81. The van der Waals surface area contributed by atoms with Crippen LogP contribution in [0.4, 0.5) is 17.2 Å². The Balaban J connectivity index is 0.00000243. The normalized spacial score (nSPS) is 13.7. The smallest absolute Gasteiger partial charge is 0.271 e. The molecule has 1 aliphatic rings. The van der Waals surface area contributed by atoms with Gasteiger partial charge in [0.1, 0.15) is 5.82 Å². The number of halogens is 2. The summed E-state index contributed by atoms with van der Waals surface area (Å²) in [5.41, 5.74) is 0.852. The Kier molecular flexibility index (Phi) is 6.73. The SMILES string of the molecule is Cl.O=C(Nc1ccc(N2CCNCC2)cn1)c1cc(Cl)cc([N+](=O)[O-])c1. The highest BCUT2D eigenvalue weighted by atomic mass is 35.5. The molecule has 0 spiro atoms. The molecule has 138 valence electrons. The fourth-order valence-corrected chi connectivity index (χ4v) is 2.80. The third-order valence-corrected chi connectivity index (χ3v) is 4.05. The second kappa shape index (κ2) is 8.79. The van der Waals surface area contributed by atoms with Crippen molar-refractivity contribution in [3.63, 3.8) is 0 Å². The standard InChI is InChI=1S/C16H16ClN5O3.ClH/c17-12-7-11(8-14(9-12)22(24)25)16(23)20-15-2-1-13(10-19-15)21-5-3-18-4-6-21;/h1-2,7-10,18H,3-6H2,(H,19,20,23);1H. The number of non-ortho nitro benzene ring substituents is 1. The number of anilines is 2. The molecule has 2 heterocycles. The number of carbonyl (C=O) groups excluding carboxylic acids is 1. The van der Waals surface area contributed by atoms with Gasteiger partial charge in [0.25, 0.3) is 11.6 Å². The zero-order valence-electron chi connectivity index (χ0n) is 13.6. The van der Waals surface area contributed by atoms with Crippen molar-refractivity contribution >= 4 is 47.1 Å². The highest BCUT2D eigenvalue weighted by molar-refractivity contribution is 6.31. The number of rotatable bonds is 4. The lowest BCUT2D eigenvalue weighted by molar-refractivity contribution is -0.384. The summed E-state index contributed by atoms with van der Waals surface area (Å²) in [6.07, 6.45) is 1.70. The van der Waals surface area contributed by atoms with Crippen molar-refractivity contribution in [1.82, 2.24) is 10.3 Å². The Hall–Kier alpha value is -2.42. The highest BCUT2D eigenvalue weighted by Gasteiger charge is 2.15. The van der Waals surface area contributed by atoms with E-state index < -0.39 is 10.8 Å². The van der Waals surface area contributed by atoms with E-state index in [-0.39, 0.29) is 28.7 Å². The molecule has 1 aliphatic heterocycles. The molecular formula is C16H17Cl2N5O3. The lowest BCUT2D eigenvalue weighted by atomic mass is 10.2. The number of hydrogen-bond donors (Lipinski definition) is 2. The van der Waals surface area contributed by atoms with Gasteiger partial charge in [0.05, 0.1) is 16.8 Å². The van der Waals surface area contributed by atoms with Crippen LogP contribution in [0, 0.1) is 10.1 Å². The Morgan fingerprint density at radius 2 is 2.00 bits per heavy atom. The maximum absolute atomic E-state index is 12.3. The number of pyridine rings is 1. The predicted octanol–water partition coefficient (Wildman–Crippen LogP) is 2.73. The molecule has 26 heavy (non-hydrogen) atoms. The molecule has 0 aliphatic carbocycles. The number of aromatic nitrogens is 1. The molecule has 1 saturated heterocycles. The average Bonchev–Trinajstić information content (AvgIpc) is 2.62. The van der Waals surface area contributed by atoms with Crippen LogP contribution in [-0.4, -0.2) is 42.0 Å². The lowest BCUT2D eigenvalue weighted by Crippen LogP contribution is -2.43. The predicted molar refractivity (Wildman–Crippen MR) is 103 cm³/mol. The van der Waals surface area contributed by atoms with Crippen LogP contribution in [0.1, 0.15) is 10.4 Å². The molecule has 0 unspecified atom stereocenters. The van der Waals surface area contributed by atoms with Gasteiger partial charge in [-0.3, -0.25) is 14.9 Å². The third-order valence-electron chi connectivity index (χ3n) is 3.83. The van der Waals surface area contributed by atoms with Crippen molar-refractivity contribution in [2.24, 2.45) is 0 Å². The van der Waals surface area contributed by atoms with Gasteiger partial charge in [0, 0.05) is 48.9 Å². The van der Waals surface area contributed by atoms with Crippen LogP contribution in [0.25, 0.3) is 0 Å². The first-order valence-corrected chi connectivity index (χ1v) is 8.09. The molecule has 1 aromatic heterocycles. The number of piperazine rings is 1. The minimum absolute atomic E-state index is 0. The Labute approximate surface area is 161 Å². The molecule has 0 radical (unpaired) electrons. The number of nitrogens with zero attached hydrogens (tertiary/aromatic N) is 3. The minimum atomic E-state index is -0.594. The molecule has 3 rings (SSSR count). The first kappa shape index (κ1) is 19.9. The number of benzene rings is 1. The molecule has 1 amide bonds. The molecule has 0 saturated carbocycles. The van der Waals surface area contributed by atoms with Crippen LogP contribution < -0.4 is 15.5 Å². The lowest BCUT2D eigenvalue weighted by Gasteiger charge is -2.29. The van der Waals surface area contributed by atoms with Gasteiger partial charge in [0.15, 0.2) is 0 Å². The summed E-state index contributed by atoms with van der Waals surface area (Å²) in [4.78, 5) is 29.0. The van der Waals surface area contributed by atoms with Crippen molar-refractivity contribution in [3.05, 3.63) is 57.2 Å². The van der Waals surface area contributed by atoms with Crippen LogP contribution in [0.3, 0.4) is 0 Å². The Bertz CT molecular complexity index is 795. The maximum atomic E-state index is 12.3. The van der Waals surface area contributed by atoms with E-state index in [1.807, 2.05) is 6.07 Å². The second-order valence-electron chi connectivity index (χ2n) is 5.55. The van der Waals surface area contributed by atoms with E-state index in [2.05, 4.69) is 20.5 Å². The summed E-state index contributed by atoms with van der Waals surface area (Å²) in [7, 11) is 0. The van der Waals surface area contributed by atoms with Crippen molar-refractivity contribution in [2.45, 2.75) is 0 Å². The van der Waals surface area contributed by atoms with Gasteiger partial charge in [-0.2, -0.15) is 0 Å². The first-order valence-electron chi connectivity index (χ1n) is 7.71. The summed E-state index contributed by atoms with van der Waals surface area (Å²) in [5.74, 6) is -0.139. The van der Waals surface area contributed by atoms with Gasteiger partial charge in [-0.1, -0.05) is 11.6 Å². The van der Waals surface area contributed by atoms with E-state index in [4.69, 9.17) is 11.6 Å². The summed E-state index contributed by atoms with van der Waals surface area (Å²) in [5, 5.41) is 16.9. The molecule has 2 N–H and O–H groups in total. The largest absolute Gasteiger partial charge is 0.368 e. The maximum Gasteiger partial charge on any atom is 0.271 e. The zero-order chi connectivity index (χ0) is 17.8. The van der Waals surface area contributed by atoms with Crippen LogP contribution in [-0.2, 0) is 0 Å². The summed E-state index contributed by atoms with van der Waals surface area (Å²) >= 11 is 5.84. The monoisotopic (exact) mass is 397 g/mol. The van der Waals surface area contributed by atoms with Gasteiger partial charge in [-0.25, -0.2) is 4.98 Å². The number of hydrogen-bond acceptors (Lipinski definition) is 6. The Morgan fingerprint density at radius 3 is 2.62 bits per heavy atom. The molecule has 8 nitrogen and oxygen atoms in total. The van der Waals surface area contributed by atoms with Crippen molar-refractivity contribution in [1.29, 1.82) is 0 Å². The first-order chi connectivity index (χ1) is 12.0. The van der Waals surface area contributed by atoms with Crippen molar-refractivity contribution in [3.8, 4) is 0 Å². The highest BCUT2D eigenvalue weighted by Crippen LogP contribution is 2.22. The van der Waals surface area contributed by atoms with Gasteiger partial charge in [0.2, 0.25) is 0 Å². The number of amides is 1. The fourth-order valence-electron chi connectivity index (χ4n) is 2.57. The topological polar surface area (TPSA) is 100 Å². The summed E-state index contributed by atoms with van der Waals surface area (Å²) in [6.45, 7) is 3.65. The van der Waals surface area contributed by atoms with Crippen molar-refractivity contribution < 1.29 is 9.72 Å². The van der Waals surface area contributed by atoms with Crippen LogP contribution in [0.5, 0.6) is 0 Å². The van der Waals surface area contributed by atoms with E-state index in [0.29, 0.717) is 5.82 Å². The molecule has 1 fully saturated rings. The van der Waals surface area contributed by atoms with E-state index in [1.54, 1.807) is 12.3 Å². The van der Waals surface area contributed by atoms with E-state index in [9.17, 15) is 14.9 Å². The van der Waals surface area contributed by atoms with Gasteiger partial charge in [-0.05, 0) is 18.2 Å². The summed E-state index contributed by atoms with van der Waals surface area (Å²) < 4.78 is 0. The molecule has 1 aromatic carbocycles. The van der Waals surface area contributed by atoms with E-state index in [1.165, 1.54) is 18.2 Å². The van der Waals surface area contributed by atoms with Crippen LogP contribution in [0.2, 0.25) is 5.02 Å². The second-order valence-corrected chi connectivity index (χ2v) is 5.98. The number of nitro benzene ring substituents is 1.